The highest BCUT2D eigenvalue weighted by molar-refractivity contribution is 7.23. The van der Waals surface area contributed by atoms with Crippen LogP contribution in [0, 0.1) is 0 Å². The summed E-state index contributed by atoms with van der Waals surface area (Å²) in [6, 6.07) is 10.8. The van der Waals surface area contributed by atoms with Gasteiger partial charge in [-0.25, -0.2) is 4.39 Å². The minimum absolute atomic E-state index is 0.00487. The maximum Gasteiger partial charge on any atom is 0.393 e. The highest BCUT2D eigenvalue weighted by atomic mass is 32.1. The number of nitrogens with zero attached hydrogens (tertiary/aromatic N) is 2. The van der Waals surface area contributed by atoms with Crippen molar-refractivity contribution in [3.8, 4) is 10.7 Å². The molecule has 0 saturated carbocycles. The average molecular weight is 532 g/mol. The smallest absolute Gasteiger partial charge is 0.378 e. The number of anilines is 1. The SMILES string of the molecule is O=C1NC(c2nc(-c3sc4c(N[C@@H]5CCNC[C@@H]5F)cccc4c3CC(F)(F)F)no2)c2ccccc21. The molecule has 1 unspecified atom stereocenters. The van der Waals surface area contributed by atoms with Gasteiger partial charge in [-0.15, -0.1) is 11.3 Å². The van der Waals surface area contributed by atoms with E-state index in [2.05, 4.69) is 26.1 Å². The minimum Gasteiger partial charge on any atom is -0.378 e. The van der Waals surface area contributed by atoms with Crippen molar-refractivity contribution in [3.05, 3.63) is 65.0 Å². The Balaban J connectivity index is 1.41. The summed E-state index contributed by atoms with van der Waals surface area (Å²) >= 11 is 1.10. The van der Waals surface area contributed by atoms with Crippen molar-refractivity contribution < 1.29 is 26.9 Å². The summed E-state index contributed by atoms with van der Waals surface area (Å²) in [5, 5.41) is 13.4. The van der Waals surface area contributed by atoms with E-state index in [0.717, 1.165) is 11.3 Å². The zero-order valence-electron chi connectivity index (χ0n) is 19.2. The van der Waals surface area contributed by atoms with Gasteiger partial charge in [0.25, 0.3) is 11.8 Å². The molecule has 6 rings (SSSR count). The summed E-state index contributed by atoms with van der Waals surface area (Å²) in [6.45, 7) is 0.866. The van der Waals surface area contributed by atoms with Crippen molar-refractivity contribution in [2.24, 2.45) is 0 Å². The Labute approximate surface area is 212 Å². The quantitative estimate of drug-likeness (QED) is 0.314. The molecule has 7 nitrogen and oxygen atoms in total. The van der Waals surface area contributed by atoms with Crippen LogP contribution in [0.15, 0.2) is 47.0 Å². The number of thiophene rings is 1. The van der Waals surface area contributed by atoms with Crippen LogP contribution in [0.5, 0.6) is 0 Å². The maximum atomic E-state index is 14.5. The van der Waals surface area contributed by atoms with Gasteiger partial charge in [-0.1, -0.05) is 35.5 Å². The fourth-order valence-electron chi connectivity index (χ4n) is 4.91. The zero-order chi connectivity index (χ0) is 25.7. The second kappa shape index (κ2) is 9.10. The normalized spacial score (nSPS) is 21.7. The number of halogens is 4. The maximum absolute atomic E-state index is 14.5. The van der Waals surface area contributed by atoms with Gasteiger partial charge in [0.15, 0.2) is 0 Å². The molecule has 0 bridgehead atoms. The van der Waals surface area contributed by atoms with E-state index in [1.54, 1.807) is 42.5 Å². The van der Waals surface area contributed by atoms with Gasteiger partial charge in [0.2, 0.25) is 5.82 Å². The van der Waals surface area contributed by atoms with Crippen LogP contribution >= 0.6 is 11.3 Å². The van der Waals surface area contributed by atoms with Gasteiger partial charge in [0, 0.05) is 12.1 Å². The molecule has 192 valence electrons. The van der Waals surface area contributed by atoms with E-state index in [0.29, 0.717) is 39.9 Å². The molecule has 0 radical (unpaired) electrons. The molecule has 1 fully saturated rings. The average Bonchev–Trinajstić information content (AvgIpc) is 3.57. The number of fused-ring (bicyclic) bond motifs is 2. The van der Waals surface area contributed by atoms with E-state index >= 15 is 0 Å². The molecule has 0 aliphatic carbocycles. The molecule has 4 heterocycles. The number of aromatic nitrogens is 2. The summed E-state index contributed by atoms with van der Waals surface area (Å²) < 4.78 is 61.4. The lowest BCUT2D eigenvalue weighted by molar-refractivity contribution is -0.126. The van der Waals surface area contributed by atoms with Crippen molar-refractivity contribution >= 4 is 33.0 Å². The molecule has 2 aliphatic heterocycles. The van der Waals surface area contributed by atoms with Crippen LogP contribution in [-0.2, 0) is 6.42 Å². The molecule has 12 heteroatoms. The molecule has 1 amide bonds. The van der Waals surface area contributed by atoms with Crippen LogP contribution < -0.4 is 16.0 Å². The fraction of sp³-hybridized carbons (Fsp3) is 0.320. The number of hydrogen-bond donors (Lipinski definition) is 3. The molecule has 4 aromatic rings. The van der Waals surface area contributed by atoms with Gasteiger partial charge >= 0.3 is 6.18 Å². The number of hydrogen-bond acceptors (Lipinski definition) is 7. The molecule has 0 spiro atoms. The number of amides is 1. The summed E-state index contributed by atoms with van der Waals surface area (Å²) in [5.41, 5.74) is 1.73. The van der Waals surface area contributed by atoms with Gasteiger partial charge in [-0.3, -0.25) is 4.79 Å². The van der Waals surface area contributed by atoms with Gasteiger partial charge in [-0.2, -0.15) is 18.2 Å². The lowest BCUT2D eigenvalue weighted by Gasteiger charge is -2.28. The van der Waals surface area contributed by atoms with Crippen LogP contribution in [0.3, 0.4) is 0 Å². The topological polar surface area (TPSA) is 92.1 Å². The Morgan fingerprint density at radius 1 is 1.16 bits per heavy atom. The summed E-state index contributed by atoms with van der Waals surface area (Å²) in [6.07, 6.45) is -6.23. The predicted molar refractivity (Wildman–Crippen MR) is 130 cm³/mol. The highest BCUT2D eigenvalue weighted by Gasteiger charge is 2.36. The standard InChI is InChI=1S/C25H21F4N5O2S/c26-16-11-30-9-8-17(16)31-18-7-3-6-13-15(10-25(27,28)29)21(37-20(13)18)22-33-24(36-34-22)19-12-4-1-2-5-14(12)23(35)32-19/h1-7,16-17,19,30-31H,8-11H2,(H,32,35)/t16-,17+,19?/m0/s1. The van der Waals surface area contributed by atoms with E-state index < -0.39 is 30.9 Å². The Bertz CT molecular complexity index is 1480. The summed E-state index contributed by atoms with van der Waals surface area (Å²) in [7, 11) is 0. The molecule has 2 aliphatic rings. The van der Waals surface area contributed by atoms with Crippen molar-refractivity contribution in [2.45, 2.75) is 37.3 Å². The molecular formula is C25H21F4N5O2S. The predicted octanol–water partition coefficient (Wildman–Crippen LogP) is 5.00. The first kappa shape index (κ1) is 23.9. The number of rotatable bonds is 5. The van der Waals surface area contributed by atoms with Crippen molar-refractivity contribution in [1.29, 1.82) is 0 Å². The molecule has 1 saturated heterocycles. The number of carbonyl (C=O) groups is 1. The first-order chi connectivity index (χ1) is 17.8. The van der Waals surface area contributed by atoms with E-state index in [9.17, 15) is 22.4 Å². The highest BCUT2D eigenvalue weighted by Crippen LogP contribution is 2.44. The van der Waals surface area contributed by atoms with Gasteiger partial charge in [0.05, 0.1) is 27.7 Å². The molecule has 3 atom stereocenters. The Kier molecular flexibility index (Phi) is 5.87. The lowest BCUT2D eigenvalue weighted by atomic mass is 10.0. The first-order valence-electron chi connectivity index (χ1n) is 11.7. The zero-order valence-corrected chi connectivity index (χ0v) is 20.0. The molecular weight excluding hydrogens is 510 g/mol. The number of benzene rings is 2. The van der Waals surface area contributed by atoms with Crippen LogP contribution in [0.4, 0.5) is 23.2 Å². The number of piperidine rings is 1. The minimum atomic E-state index is -4.48. The van der Waals surface area contributed by atoms with Gasteiger partial charge in [-0.05, 0) is 41.6 Å². The molecule has 2 aromatic heterocycles. The Morgan fingerprint density at radius 3 is 2.81 bits per heavy atom. The van der Waals surface area contributed by atoms with Crippen LogP contribution in [-0.4, -0.2) is 47.5 Å². The Morgan fingerprint density at radius 2 is 2.00 bits per heavy atom. The molecule has 2 aromatic carbocycles. The van der Waals surface area contributed by atoms with Gasteiger partial charge < -0.3 is 20.5 Å². The lowest BCUT2D eigenvalue weighted by Crippen LogP contribution is -2.45. The summed E-state index contributed by atoms with van der Waals surface area (Å²) in [4.78, 5) is 16.9. The second-order valence-corrected chi connectivity index (χ2v) is 10.1. The van der Waals surface area contributed by atoms with E-state index in [-0.39, 0.29) is 34.6 Å². The van der Waals surface area contributed by atoms with Crippen LogP contribution in [0.1, 0.15) is 39.8 Å². The van der Waals surface area contributed by atoms with Crippen molar-refractivity contribution in [3.63, 3.8) is 0 Å². The third-order valence-electron chi connectivity index (χ3n) is 6.63. The van der Waals surface area contributed by atoms with E-state index in [1.165, 1.54) is 0 Å². The largest absolute Gasteiger partial charge is 0.393 e. The number of alkyl halides is 4. The fourth-order valence-corrected chi connectivity index (χ4v) is 6.13. The van der Waals surface area contributed by atoms with E-state index in [4.69, 9.17) is 4.52 Å². The summed E-state index contributed by atoms with van der Waals surface area (Å²) in [5.74, 6) is -0.206. The first-order valence-corrected chi connectivity index (χ1v) is 12.6. The van der Waals surface area contributed by atoms with Gasteiger partial charge in [0.1, 0.15) is 12.2 Å². The van der Waals surface area contributed by atoms with Crippen molar-refractivity contribution in [1.82, 2.24) is 20.8 Å². The third-order valence-corrected chi connectivity index (χ3v) is 7.91. The molecule has 3 N–H and O–H groups in total. The molecule has 37 heavy (non-hydrogen) atoms. The number of carbonyl (C=O) groups excluding carboxylic acids is 1. The number of nitrogens with one attached hydrogen (secondary N) is 3. The van der Waals surface area contributed by atoms with Crippen molar-refractivity contribution in [2.75, 3.05) is 18.4 Å². The monoisotopic (exact) mass is 531 g/mol. The van der Waals surface area contributed by atoms with E-state index in [1.807, 2.05) is 0 Å². The third kappa shape index (κ3) is 4.44. The van der Waals surface area contributed by atoms with Crippen LogP contribution in [0.25, 0.3) is 20.8 Å². The van der Waals surface area contributed by atoms with Crippen LogP contribution in [0.2, 0.25) is 0 Å². The Hall–Kier alpha value is -3.51. The second-order valence-electron chi connectivity index (χ2n) is 9.09.